The first-order valence-electron chi connectivity index (χ1n) is 20.7. The minimum atomic E-state index is -4.90. The van der Waals surface area contributed by atoms with Crippen LogP contribution in [0.4, 0.5) is 18.9 Å². The number of likely N-dealkylation sites (tertiary alicyclic amines) is 1. The summed E-state index contributed by atoms with van der Waals surface area (Å²) in [6, 6.07) is 10.9. The van der Waals surface area contributed by atoms with Crippen LogP contribution in [0, 0.1) is 23.2 Å². The highest BCUT2D eigenvalue weighted by atomic mass is 35.5. The number of imidazole rings is 1. The van der Waals surface area contributed by atoms with Crippen LogP contribution in [0.15, 0.2) is 48.8 Å². The first-order chi connectivity index (χ1) is 30.6. The van der Waals surface area contributed by atoms with Crippen LogP contribution in [-0.2, 0) is 36.0 Å². The number of alkyl halides is 3. The van der Waals surface area contributed by atoms with Gasteiger partial charge in [-0.3, -0.25) is 14.4 Å². The maximum absolute atomic E-state index is 14.4. The van der Waals surface area contributed by atoms with Gasteiger partial charge in [0.05, 0.1) is 71.4 Å². The van der Waals surface area contributed by atoms with Gasteiger partial charge >= 0.3 is 12.1 Å². The van der Waals surface area contributed by atoms with Gasteiger partial charge in [0, 0.05) is 88.6 Å². The van der Waals surface area contributed by atoms with E-state index >= 15 is 0 Å². The molecule has 3 aliphatic heterocycles. The summed E-state index contributed by atoms with van der Waals surface area (Å²) < 4.78 is 47.4. The SMILES string of the molecule is Cn1c(-c2cn(-c3ccc4c(cc(CO)n4CC#N)n3)nc2C(F)(F)F)cnc1C(=O)Nc1ccc(C(=O)N2CCN(C(=O)C3CC[N+](CC(=O)O)(CC4CNC4)CC3)CC2)c(Cl)c1. The Morgan fingerprint density at radius 1 is 1.05 bits per heavy atom. The van der Waals surface area contributed by atoms with E-state index in [1.165, 1.54) is 41.9 Å². The quantitative estimate of drug-likeness (QED) is 0.133. The Labute approximate surface area is 369 Å². The number of pyridine rings is 1. The van der Waals surface area contributed by atoms with Gasteiger partial charge in [0.15, 0.2) is 23.9 Å². The van der Waals surface area contributed by atoms with E-state index in [1.54, 1.807) is 20.4 Å². The van der Waals surface area contributed by atoms with Crippen LogP contribution in [0.2, 0.25) is 5.02 Å². The molecular formula is C42H45ClF3N12O6+. The zero-order valence-electron chi connectivity index (χ0n) is 34.7. The molecule has 1 aromatic carbocycles. The normalized spacial score (nSPS) is 19.4. The van der Waals surface area contributed by atoms with Crippen LogP contribution in [0.3, 0.4) is 0 Å². The Morgan fingerprint density at radius 2 is 1.77 bits per heavy atom. The molecule has 64 heavy (non-hydrogen) atoms. The van der Waals surface area contributed by atoms with E-state index in [0.717, 1.165) is 36.7 Å². The molecule has 18 nitrogen and oxygen atoms in total. The van der Waals surface area contributed by atoms with E-state index in [4.69, 9.17) is 11.6 Å². The van der Waals surface area contributed by atoms with Crippen LogP contribution < -0.4 is 10.6 Å². The number of hydrogen-bond acceptors (Lipinski definition) is 10. The number of halogens is 4. The molecule has 0 spiro atoms. The van der Waals surface area contributed by atoms with Crippen molar-refractivity contribution in [3.8, 4) is 23.1 Å². The first kappa shape index (κ1) is 44.3. The number of rotatable bonds is 12. The third-order valence-corrected chi connectivity index (χ3v) is 12.8. The summed E-state index contributed by atoms with van der Waals surface area (Å²) in [6.45, 7) is 4.69. The Bertz CT molecular complexity index is 2670. The third-order valence-electron chi connectivity index (χ3n) is 12.5. The number of piperazine rings is 1. The maximum atomic E-state index is 14.4. The van der Waals surface area contributed by atoms with Gasteiger partial charge in [-0.25, -0.2) is 19.4 Å². The van der Waals surface area contributed by atoms with Gasteiger partial charge in [-0.05, 0) is 36.4 Å². The Balaban J connectivity index is 0.899. The zero-order valence-corrected chi connectivity index (χ0v) is 35.4. The summed E-state index contributed by atoms with van der Waals surface area (Å²) in [4.78, 5) is 64.2. The number of benzene rings is 1. The van der Waals surface area contributed by atoms with Gasteiger partial charge in [0.2, 0.25) is 5.91 Å². The Hall–Kier alpha value is -6.34. The molecule has 4 aromatic heterocycles. The summed E-state index contributed by atoms with van der Waals surface area (Å²) in [5.74, 6) is -1.87. The third kappa shape index (κ3) is 8.78. The van der Waals surface area contributed by atoms with Crippen molar-refractivity contribution in [3.63, 3.8) is 0 Å². The second-order valence-electron chi connectivity index (χ2n) is 16.6. The molecular weight excluding hydrogens is 861 g/mol. The molecule has 3 saturated heterocycles. The molecule has 4 N–H and O–H groups in total. The Kier molecular flexibility index (Phi) is 12.2. The van der Waals surface area contributed by atoms with Crippen molar-refractivity contribution >= 4 is 52.0 Å². The number of aliphatic hydroxyl groups excluding tert-OH is 1. The molecule has 336 valence electrons. The number of quaternary nitrogens is 1. The monoisotopic (exact) mass is 905 g/mol. The largest absolute Gasteiger partial charge is 0.477 e. The topological polar surface area (TPSA) is 217 Å². The van der Waals surface area contributed by atoms with Gasteiger partial charge in [-0.2, -0.15) is 23.5 Å². The predicted molar refractivity (Wildman–Crippen MR) is 224 cm³/mol. The predicted octanol–water partition coefficient (Wildman–Crippen LogP) is 3.38. The molecule has 0 atom stereocenters. The van der Waals surface area contributed by atoms with Crippen LogP contribution in [0.5, 0.6) is 0 Å². The number of aliphatic carboxylic acids is 1. The molecule has 3 amide bonds. The number of amides is 3. The number of piperidine rings is 1. The molecule has 0 saturated carbocycles. The lowest BCUT2D eigenvalue weighted by atomic mass is 9.90. The van der Waals surface area contributed by atoms with E-state index in [9.17, 15) is 47.8 Å². The second-order valence-corrected chi connectivity index (χ2v) is 17.0. The number of fused-ring (bicyclic) bond motifs is 1. The van der Waals surface area contributed by atoms with Crippen LogP contribution >= 0.6 is 11.6 Å². The molecule has 0 bridgehead atoms. The van der Waals surface area contributed by atoms with E-state index in [0.29, 0.717) is 66.1 Å². The van der Waals surface area contributed by atoms with E-state index in [1.807, 2.05) is 6.07 Å². The van der Waals surface area contributed by atoms with Crippen LogP contribution in [-0.4, -0.2) is 143 Å². The number of carbonyl (C=O) groups excluding carboxylic acids is 3. The number of nitrogens with one attached hydrogen (secondary N) is 2. The number of carbonyl (C=O) groups is 4. The maximum Gasteiger partial charge on any atom is 0.435 e. The summed E-state index contributed by atoms with van der Waals surface area (Å²) in [6.07, 6.45) is -1.43. The van der Waals surface area contributed by atoms with Gasteiger partial charge in [-0.15, -0.1) is 0 Å². The first-order valence-corrected chi connectivity index (χ1v) is 21.1. The molecule has 0 unspecified atom stereocenters. The molecule has 0 radical (unpaired) electrons. The summed E-state index contributed by atoms with van der Waals surface area (Å²) in [5.41, 5.74) is -0.0628. The lowest BCUT2D eigenvalue weighted by Gasteiger charge is -2.46. The number of aromatic nitrogens is 6. The lowest BCUT2D eigenvalue weighted by Crippen LogP contribution is -2.62. The lowest BCUT2D eigenvalue weighted by molar-refractivity contribution is -0.929. The van der Waals surface area contributed by atoms with E-state index in [2.05, 4.69) is 25.7 Å². The van der Waals surface area contributed by atoms with Crippen molar-refractivity contribution in [2.45, 2.75) is 32.2 Å². The fraction of sp³-hybridized carbons (Fsp3) is 0.429. The number of nitrogens with zero attached hydrogens (tertiary/aromatic N) is 10. The minimum absolute atomic E-state index is 0.0220. The van der Waals surface area contributed by atoms with Gasteiger partial charge in [0.1, 0.15) is 6.54 Å². The van der Waals surface area contributed by atoms with Crippen molar-refractivity contribution < 1.29 is 47.0 Å². The van der Waals surface area contributed by atoms with E-state index < -0.39 is 23.7 Å². The standard InChI is InChI=1S/C42H44ClF3N12O6/c1-53-34(30-21-57(52-37(30)42(44,45)46)35-5-4-33-32(51-35)17-28(24-59)56(33)9-8-47)20-49-38(53)39(62)50-27-2-3-29(31(43)16-27)41(64)55-12-10-54(11-13-55)40(63)26-6-14-58(15-7-26,23-36(60)61)22-25-18-48-19-25/h2-5,16-17,20-21,25-26,48,59H,6-7,9-15,18-19,22-24H2,1H3,(H-,50,60,61,62,64)/p+1. The summed E-state index contributed by atoms with van der Waals surface area (Å²) in [7, 11) is 1.38. The fourth-order valence-corrected chi connectivity index (χ4v) is 9.31. The zero-order chi connectivity index (χ0) is 45.5. The molecule has 22 heteroatoms. The van der Waals surface area contributed by atoms with Gasteiger partial charge < -0.3 is 44.3 Å². The van der Waals surface area contributed by atoms with Crippen LogP contribution in [0.1, 0.15) is 45.2 Å². The molecule has 7 heterocycles. The minimum Gasteiger partial charge on any atom is -0.477 e. The highest BCUT2D eigenvalue weighted by Gasteiger charge is 2.43. The second kappa shape index (κ2) is 17.7. The number of hydrogen-bond donors (Lipinski definition) is 4. The van der Waals surface area contributed by atoms with Crippen molar-refractivity contribution in [1.82, 2.24) is 44.0 Å². The smallest absolute Gasteiger partial charge is 0.435 e. The molecule has 5 aromatic rings. The van der Waals surface area contributed by atoms with Crippen LogP contribution in [0.25, 0.3) is 28.1 Å². The molecule has 3 aliphatic rings. The number of nitriles is 1. The number of carboxylic acids is 1. The highest BCUT2D eigenvalue weighted by Crippen LogP contribution is 2.37. The number of carboxylic acid groups (broad SMARTS) is 1. The molecule has 8 rings (SSSR count). The van der Waals surface area contributed by atoms with E-state index in [-0.39, 0.29) is 89.7 Å². The average Bonchev–Trinajstić information content (AvgIpc) is 3.97. The van der Waals surface area contributed by atoms with Crippen molar-refractivity contribution in [2.75, 3.05) is 70.8 Å². The molecule has 3 fully saturated rings. The van der Waals surface area contributed by atoms with Crippen molar-refractivity contribution in [1.29, 1.82) is 5.26 Å². The summed E-state index contributed by atoms with van der Waals surface area (Å²) >= 11 is 6.57. The van der Waals surface area contributed by atoms with Crippen molar-refractivity contribution in [3.05, 3.63) is 76.6 Å². The van der Waals surface area contributed by atoms with Crippen molar-refractivity contribution in [2.24, 2.45) is 18.9 Å². The fourth-order valence-electron chi connectivity index (χ4n) is 9.05. The van der Waals surface area contributed by atoms with Gasteiger partial charge in [-0.1, -0.05) is 11.6 Å². The Morgan fingerprint density at radius 3 is 2.39 bits per heavy atom. The average molecular weight is 906 g/mol. The van der Waals surface area contributed by atoms with Gasteiger partial charge in [0.25, 0.3) is 11.8 Å². The number of anilines is 1. The summed E-state index contributed by atoms with van der Waals surface area (Å²) in [5, 5.41) is 38.3. The highest BCUT2D eigenvalue weighted by molar-refractivity contribution is 6.34. The number of aliphatic hydroxyl groups is 1. The molecule has 0 aliphatic carbocycles.